The zero-order valence-corrected chi connectivity index (χ0v) is 11.1. The lowest BCUT2D eigenvalue weighted by atomic mass is 10.1. The predicted molar refractivity (Wildman–Crippen MR) is 68.1 cm³/mol. The van der Waals surface area contributed by atoms with Crippen LogP contribution in [0.5, 0.6) is 0 Å². The molecule has 0 aromatic heterocycles. The number of hydrogen-bond donors (Lipinski definition) is 0. The summed E-state index contributed by atoms with van der Waals surface area (Å²) in [4.78, 5) is 11.7. The Morgan fingerprint density at radius 1 is 1.28 bits per heavy atom. The van der Waals surface area contributed by atoms with E-state index < -0.39 is 28.2 Å². The van der Waals surface area contributed by atoms with Crippen LogP contribution in [0.3, 0.4) is 0 Å². The summed E-state index contributed by atoms with van der Waals surface area (Å²) in [5.41, 5.74) is -0.321. The van der Waals surface area contributed by atoms with E-state index in [-0.39, 0.29) is 11.3 Å². The van der Waals surface area contributed by atoms with Gasteiger partial charge in [-0.1, -0.05) is 19.8 Å². The maximum Gasteiger partial charge on any atom is 0.178 e. The lowest BCUT2D eigenvalue weighted by molar-refractivity contribution is 0.101. The Morgan fingerprint density at radius 2 is 2.00 bits per heavy atom. The predicted octanol–water partition coefficient (Wildman–Crippen LogP) is 3.09. The van der Waals surface area contributed by atoms with Gasteiger partial charge in [-0.15, -0.1) is 0 Å². The topological polar surface area (TPSA) is 34.1 Å². The van der Waals surface area contributed by atoms with Crippen LogP contribution in [0.4, 0.5) is 8.78 Å². The van der Waals surface area contributed by atoms with E-state index in [0.717, 1.165) is 37.5 Å². The van der Waals surface area contributed by atoms with Crippen LogP contribution >= 0.6 is 0 Å². The highest BCUT2D eigenvalue weighted by Gasteiger charge is 2.15. The second-order valence-corrected chi connectivity index (χ2v) is 5.62. The molecule has 5 heteroatoms. The Bertz CT molecular complexity index is 447. The lowest BCUT2D eigenvalue weighted by Crippen LogP contribution is -2.15. The van der Waals surface area contributed by atoms with Crippen molar-refractivity contribution < 1.29 is 17.8 Å². The number of Topliss-reactive ketones (excluding diaryl/α,β-unsaturated/α-hetero) is 1. The van der Waals surface area contributed by atoms with Crippen LogP contribution in [-0.2, 0) is 10.8 Å². The summed E-state index contributed by atoms with van der Waals surface area (Å²) in [6.07, 6.45) is 2.74. The molecule has 1 atom stereocenters. The van der Waals surface area contributed by atoms with Crippen molar-refractivity contribution in [2.45, 2.75) is 26.2 Å². The minimum atomic E-state index is -1.31. The van der Waals surface area contributed by atoms with Gasteiger partial charge in [0.2, 0.25) is 0 Å². The molecule has 1 rings (SSSR count). The molecule has 1 aromatic carbocycles. The monoisotopic (exact) mass is 274 g/mol. The van der Waals surface area contributed by atoms with Gasteiger partial charge in [-0.2, -0.15) is 0 Å². The van der Waals surface area contributed by atoms with Gasteiger partial charge in [0.15, 0.2) is 5.78 Å². The highest BCUT2D eigenvalue weighted by atomic mass is 32.2. The number of unbranched alkanes of at least 4 members (excludes halogenated alkanes) is 2. The minimum absolute atomic E-state index is 0.246. The van der Waals surface area contributed by atoms with Gasteiger partial charge < -0.3 is 0 Å². The van der Waals surface area contributed by atoms with E-state index in [9.17, 15) is 17.8 Å². The third-order valence-electron chi connectivity index (χ3n) is 2.50. The Labute approximate surface area is 108 Å². The van der Waals surface area contributed by atoms with Crippen LogP contribution in [0.1, 0.15) is 36.5 Å². The van der Waals surface area contributed by atoms with Crippen molar-refractivity contribution in [3.8, 4) is 0 Å². The summed E-state index contributed by atoms with van der Waals surface area (Å²) in [5, 5.41) is 0. The first-order valence-electron chi connectivity index (χ1n) is 5.87. The minimum Gasteiger partial charge on any atom is -0.293 e. The van der Waals surface area contributed by atoms with Crippen molar-refractivity contribution in [3.63, 3.8) is 0 Å². The fourth-order valence-electron chi connectivity index (χ4n) is 1.52. The molecule has 100 valence electrons. The maximum absolute atomic E-state index is 13.3. The molecule has 0 radical (unpaired) electrons. The molecule has 0 heterocycles. The van der Waals surface area contributed by atoms with Crippen molar-refractivity contribution in [2.24, 2.45) is 0 Å². The van der Waals surface area contributed by atoms with Crippen LogP contribution in [0, 0.1) is 11.6 Å². The average molecular weight is 274 g/mol. The molecule has 0 saturated carbocycles. The summed E-state index contributed by atoms with van der Waals surface area (Å²) in [7, 11) is -1.31. The van der Waals surface area contributed by atoms with Crippen LogP contribution in [0.2, 0.25) is 0 Å². The van der Waals surface area contributed by atoms with Crippen molar-refractivity contribution in [1.29, 1.82) is 0 Å². The fourth-order valence-corrected chi connectivity index (χ4v) is 2.64. The molecule has 0 amide bonds. The van der Waals surface area contributed by atoms with E-state index in [1.54, 1.807) is 0 Å². The number of hydrogen-bond acceptors (Lipinski definition) is 2. The number of rotatable bonds is 7. The Balaban J connectivity index is 2.59. The van der Waals surface area contributed by atoms with Gasteiger partial charge in [-0.3, -0.25) is 9.00 Å². The van der Waals surface area contributed by atoms with Crippen LogP contribution < -0.4 is 0 Å². The van der Waals surface area contributed by atoms with Crippen molar-refractivity contribution in [1.82, 2.24) is 0 Å². The summed E-state index contributed by atoms with van der Waals surface area (Å²) >= 11 is 0. The number of carbonyl (C=O) groups is 1. The molecule has 0 bridgehead atoms. The second kappa shape index (κ2) is 7.36. The van der Waals surface area contributed by atoms with E-state index >= 15 is 0 Å². The van der Waals surface area contributed by atoms with Crippen molar-refractivity contribution in [2.75, 3.05) is 11.5 Å². The average Bonchev–Trinajstić information content (AvgIpc) is 2.32. The normalized spacial score (nSPS) is 12.4. The van der Waals surface area contributed by atoms with Gasteiger partial charge in [-0.05, 0) is 24.6 Å². The molecule has 0 aliphatic rings. The van der Waals surface area contributed by atoms with E-state index in [2.05, 4.69) is 0 Å². The van der Waals surface area contributed by atoms with Crippen molar-refractivity contribution in [3.05, 3.63) is 35.4 Å². The van der Waals surface area contributed by atoms with E-state index in [1.807, 2.05) is 6.92 Å². The third-order valence-corrected chi connectivity index (χ3v) is 3.82. The van der Waals surface area contributed by atoms with Crippen LogP contribution in [-0.4, -0.2) is 21.5 Å². The molecule has 2 nitrogen and oxygen atoms in total. The highest BCUT2D eigenvalue weighted by molar-refractivity contribution is 7.85. The number of halogens is 2. The largest absolute Gasteiger partial charge is 0.293 e. The Morgan fingerprint density at radius 3 is 2.67 bits per heavy atom. The Kier molecular flexibility index (Phi) is 6.12. The van der Waals surface area contributed by atoms with Crippen LogP contribution in [0.15, 0.2) is 18.2 Å². The standard InChI is InChI=1S/C13H16F2O2S/c1-2-3-4-7-18(17)9-13(16)11-8-10(14)5-6-12(11)15/h5-6,8H,2-4,7,9H2,1H3. The first kappa shape index (κ1) is 15.0. The zero-order chi connectivity index (χ0) is 13.5. The number of benzene rings is 1. The van der Waals surface area contributed by atoms with Crippen LogP contribution in [0.25, 0.3) is 0 Å². The van der Waals surface area contributed by atoms with Gasteiger partial charge >= 0.3 is 0 Å². The number of ketones is 1. The fraction of sp³-hybridized carbons (Fsp3) is 0.462. The summed E-state index contributed by atoms with van der Waals surface area (Å²) in [5.74, 6) is -1.87. The Hall–Kier alpha value is -1.10. The zero-order valence-electron chi connectivity index (χ0n) is 10.2. The van der Waals surface area contributed by atoms with Crippen molar-refractivity contribution >= 4 is 16.6 Å². The molecule has 0 aliphatic carbocycles. The molecule has 0 aliphatic heterocycles. The summed E-state index contributed by atoms with van der Waals surface area (Å²) in [6.45, 7) is 2.02. The highest BCUT2D eigenvalue weighted by Crippen LogP contribution is 2.11. The van der Waals surface area contributed by atoms with Gasteiger partial charge in [0.05, 0.1) is 11.3 Å². The molecule has 0 saturated heterocycles. The van der Waals surface area contributed by atoms with Gasteiger partial charge in [0.1, 0.15) is 11.6 Å². The SMILES string of the molecule is CCCCCS(=O)CC(=O)c1cc(F)ccc1F. The molecule has 18 heavy (non-hydrogen) atoms. The molecular formula is C13H16F2O2S. The lowest BCUT2D eigenvalue weighted by Gasteiger charge is -2.03. The molecule has 0 N–H and O–H groups in total. The molecule has 1 aromatic rings. The third kappa shape index (κ3) is 4.64. The van der Waals surface area contributed by atoms with E-state index in [1.165, 1.54) is 0 Å². The maximum atomic E-state index is 13.3. The second-order valence-electron chi connectivity index (χ2n) is 4.04. The number of carbonyl (C=O) groups excluding carboxylic acids is 1. The molecule has 1 unspecified atom stereocenters. The summed E-state index contributed by atoms with van der Waals surface area (Å²) in [6, 6.07) is 2.70. The first-order chi connectivity index (χ1) is 8.54. The summed E-state index contributed by atoms with van der Waals surface area (Å²) < 4.78 is 37.8. The van der Waals surface area contributed by atoms with Gasteiger partial charge in [0.25, 0.3) is 0 Å². The van der Waals surface area contributed by atoms with Gasteiger partial charge in [0, 0.05) is 16.6 Å². The molecule has 0 fully saturated rings. The van der Waals surface area contributed by atoms with E-state index in [0.29, 0.717) is 5.75 Å². The first-order valence-corrected chi connectivity index (χ1v) is 7.36. The smallest absolute Gasteiger partial charge is 0.178 e. The molecular weight excluding hydrogens is 258 g/mol. The quantitative estimate of drug-likeness (QED) is 0.565. The molecule has 0 spiro atoms. The van der Waals surface area contributed by atoms with Gasteiger partial charge in [-0.25, -0.2) is 8.78 Å². The van der Waals surface area contributed by atoms with E-state index in [4.69, 9.17) is 0 Å².